The summed E-state index contributed by atoms with van der Waals surface area (Å²) in [6.07, 6.45) is -4.05. The van der Waals surface area contributed by atoms with Gasteiger partial charge in [-0.25, -0.2) is 14.6 Å². The molecule has 0 spiro atoms. The van der Waals surface area contributed by atoms with Gasteiger partial charge in [-0.15, -0.1) is 0 Å². The van der Waals surface area contributed by atoms with E-state index >= 15 is 0 Å². The molecule has 5 N–H and O–H groups in total. The molecule has 19 heteroatoms. The number of β-amino-alcohol motifs (C(OH)–C–C–N with tert-alkyl or cyclic N) is 1. The van der Waals surface area contributed by atoms with Crippen molar-refractivity contribution in [2.45, 2.75) is 50.7 Å². The number of aliphatic hydroxyl groups is 1. The Labute approximate surface area is 288 Å². The molecule has 15 nitrogen and oxygen atoms in total. The number of H-pyrrole nitrogens is 1. The van der Waals surface area contributed by atoms with Crippen LogP contribution in [0.4, 0.5) is 28.4 Å². The Bertz CT molecular complexity index is 1830. The number of hydrogen-bond donors (Lipinski definition) is 5. The number of aliphatic hydroxyl groups excluding tert-OH is 1. The molecule has 1 aliphatic carbocycles. The molecule has 5 atom stereocenters. The smallest absolute Gasteiger partial charge is 0.433 e. The highest BCUT2D eigenvalue weighted by molar-refractivity contribution is 6.34. The molecule has 2 saturated heterocycles. The average molecular weight is 722 g/mol. The van der Waals surface area contributed by atoms with E-state index in [1.807, 2.05) is 5.10 Å². The van der Waals surface area contributed by atoms with Crippen LogP contribution in [-0.4, -0.2) is 109 Å². The average Bonchev–Trinajstić information content (AvgIpc) is 3.59. The predicted octanol–water partition coefficient (Wildman–Crippen LogP) is 3.08. The van der Waals surface area contributed by atoms with E-state index in [-0.39, 0.29) is 70.4 Å². The van der Waals surface area contributed by atoms with Gasteiger partial charge >= 0.3 is 18.3 Å². The molecule has 1 aromatic carbocycles. The van der Waals surface area contributed by atoms with Crippen LogP contribution in [0.25, 0.3) is 11.3 Å². The predicted molar refractivity (Wildman–Crippen MR) is 171 cm³/mol. The largest absolute Gasteiger partial charge is 0.444 e. The summed E-state index contributed by atoms with van der Waals surface area (Å²) in [5.41, 5.74) is -1.61. The number of imidazole rings is 1. The Balaban J connectivity index is 0.990. The van der Waals surface area contributed by atoms with Crippen LogP contribution in [0.1, 0.15) is 47.4 Å². The van der Waals surface area contributed by atoms with Gasteiger partial charge < -0.3 is 40.2 Å². The summed E-state index contributed by atoms with van der Waals surface area (Å²) >= 11 is 6.40. The molecule has 268 valence electrons. The number of likely N-dealkylation sites (tertiary alicyclic amines) is 2. The van der Waals surface area contributed by atoms with E-state index in [0.717, 1.165) is 12.4 Å². The van der Waals surface area contributed by atoms with Gasteiger partial charge in [0.25, 0.3) is 11.8 Å². The first-order chi connectivity index (χ1) is 23.4. The first kappa shape index (κ1) is 35.0. The van der Waals surface area contributed by atoms with Crippen LogP contribution in [0.2, 0.25) is 5.02 Å². The normalized spacial score (nSPS) is 23.0. The standard InChI is InChI=1S/C31H35ClF3N9O6/c1-30(2,3)50-29(49)44-12-20(22(45)13-44)39-28(48)43-10-17-18(11-43)23(17)40-26(46)15-6-5-14(7-19(15)32)38-27(47)25-36-9-21(42(25)4)16-8-37-41-24(16)31(33,34)35/h5-9,17-18,20,22-23,45H,10-13H2,1-4H3,(H,37,41)(H,38,47)(H,39,48)(H,40,46)/t17-,18+,20?,22?,23?. The van der Waals surface area contributed by atoms with Gasteiger partial charge in [0.2, 0.25) is 0 Å². The van der Waals surface area contributed by atoms with Crippen molar-refractivity contribution in [1.82, 2.24) is 40.2 Å². The highest BCUT2D eigenvalue weighted by atomic mass is 35.5. The molecule has 3 aromatic rings. The van der Waals surface area contributed by atoms with Gasteiger partial charge in [-0.3, -0.25) is 14.7 Å². The number of amides is 5. The third-order valence-electron chi connectivity index (χ3n) is 8.89. The number of alkyl halides is 3. The number of carbonyl (C=O) groups excluding carboxylic acids is 4. The Morgan fingerprint density at radius 1 is 1.00 bits per heavy atom. The van der Waals surface area contributed by atoms with Crippen molar-refractivity contribution < 1.29 is 42.2 Å². The van der Waals surface area contributed by atoms with E-state index in [0.29, 0.717) is 13.1 Å². The van der Waals surface area contributed by atoms with Crippen molar-refractivity contribution in [2.24, 2.45) is 18.9 Å². The number of anilines is 1. The molecule has 3 fully saturated rings. The Hall–Kier alpha value is -4.84. The minimum absolute atomic E-state index is 0.0223. The fourth-order valence-electron chi connectivity index (χ4n) is 6.32. The number of halogens is 4. The summed E-state index contributed by atoms with van der Waals surface area (Å²) in [4.78, 5) is 58.2. The number of nitrogens with one attached hydrogen (secondary N) is 4. The fraction of sp³-hybridized carbons (Fsp3) is 0.484. The van der Waals surface area contributed by atoms with Crippen LogP contribution >= 0.6 is 11.6 Å². The second kappa shape index (κ2) is 12.8. The highest BCUT2D eigenvalue weighted by Crippen LogP contribution is 2.46. The van der Waals surface area contributed by atoms with Crippen molar-refractivity contribution in [3.8, 4) is 11.3 Å². The summed E-state index contributed by atoms with van der Waals surface area (Å²) in [7, 11) is 1.39. The van der Waals surface area contributed by atoms with Gasteiger partial charge in [-0.2, -0.15) is 18.3 Å². The lowest BCUT2D eigenvalue weighted by Crippen LogP contribution is -2.50. The number of urea groups is 1. The Morgan fingerprint density at radius 3 is 2.34 bits per heavy atom. The van der Waals surface area contributed by atoms with Gasteiger partial charge in [0.15, 0.2) is 5.82 Å². The van der Waals surface area contributed by atoms with Crippen molar-refractivity contribution in [3.63, 3.8) is 0 Å². The Morgan fingerprint density at radius 2 is 1.70 bits per heavy atom. The molecule has 4 heterocycles. The lowest BCUT2D eigenvalue weighted by atomic mass is 10.2. The molecular formula is C31H35ClF3N9O6. The summed E-state index contributed by atoms with van der Waals surface area (Å²) in [5, 5.41) is 24.2. The Kier molecular flexibility index (Phi) is 8.96. The number of benzene rings is 1. The number of hydrogen-bond acceptors (Lipinski definition) is 8. The number of ether oxygens (including phenoxy) is 1. The summed E-state index contributed by atoms with van der Waals surface area (Å²) in [5.74, 6) is -1.26. The van der Waals surface area contributed by atoms with E-state index in [1.165, 1.54) is 34.7 Å². The molecular weight excluding hydrogens is 687 g/mol. The van der Waals surface area contributed by atoms with Gasteiger partial charge in [0, 0.05) is 50.2 Å². The number of aromatic nitrogens is 4. The zero-order valence-electron chi connectivity index (χ0n) is 27.3. The van der Waals surface area contributed by atoms with Crippen LogP contribution in [0.5, 0.6) is 0 Å². The summed E-state index contributed by atoms with van der Waals surface area (Å²) in [6, 6.07) is 3.08. The highest BCUT2D eigenvalue weighted by Gasteiger charge is 2.57. The molecule has 6 rings (SSSR count). The molecule has 2 aromatic heterocycles. The number of rotatable bonds is 6. The maximum atomic E-state index is 13.3. The molecule has 1 saturated carbocycles. The lowest BCUT2D eigenvalue weighted by molar-refractivity contribution is -0.140. The van der Waals surface area contributed by atoms with Gasteiger partial charge in [0.05, 0.1) is 52.9 Å². The maximum Gasteiger partial charge on any atom is 0.433 e. The summed E-state index contributed by atoms with van der Waals surface area (Å²) in [6.45, 7) is 6.18. The topological polar surface area (TPSA) is 187 Å². The third-order valence-corrected chi connectivity index (χ3v) is 9.20. The number of aromatic amines is 1. The van der Waals surface area contributed by atoms with Crippen molar-refractivity contribution in [3.05, 3.63) is 52.7 Å². The monoisotopic (exact) mass is 721 g/mol. The van der Waals surface area contributed by atoms with E-state index in [1.54, 1.807) is 25.7 Å². The zero-order chi connectivity index (χ0) is 36.3. The van der Waals surface area contributed by atoms with Crippen LogP contribution in [-0.2, 0) is 18.0 Å². The molecule has 0 bridgehead atoms. The maximum absolute atomic E-state index is 13.3. The zero-order valence-corrected chi connectivity index (χ0v) is 28.1. The van der Waals surface area contributed by atoms with Crippen molar-refractivity contribution >= 4 is 41.2 Å². The number of nitrogens with zero attached hydrogens (tertiary/aromatic N) is 5. The minimum atomic E-state index is -4.69. The van der Waals surface area contributed by atoms with E-state index in [9.17, 15) is 37.5 Å². The minimum Gasteiger partial charge on any atom is -0.444 e. The van der Waals surface area contributed by atoms with E-state index < -0.39 is 47.5 Å². The first-order valence-corrected chi connectivity index (χ1v) is 16.0. The van der Waals surface area contributed by atoms with Gasteiger partial charge in [-0.1, -0.05) is 11.6 Å². The quantitative estimate of drug-likeness (QED) is 0.257. The lowest BCUT2D eigenvalue weighted by Gasteiger charge is -2.25. The molecule has 50 heavy (non-hydrogen) atoms. The van der Waals surface area contributed by atoms with Crippen LogP contribution in [0.3, 0.4) is 0 Å². The molecule has 5 amide bonds. The van der Waals surface area contributed by atoms with Gasteiger partial charge in [0.1, 0.15) is 11.3 Å². The number of carbonyl (C=O) groups is 4. The second-order valence-electron chi connectivity index (χ2n) is 13.6. The van der Waals surface area contributed by atoms with E-state index in [4.69, 9.17) is 16.3 Å². The molecule has 2 aliphatic heterocycles. The van der Waals surface area contributed by atoms with Crippen LogP contribution < -0.4 is 16.0 Å². The first-order valence-electron chi connectivity index (χ1n) is 15.7. The third kappa shape index (κ3) is 7.07. The van der Waals surface area contributed by atoms with Gasteiger partial charge in [-0.05, 0) is 39.0 Å². The van der Waals surface area contributed by atoms with E-state index in [2.05, 4.69) is 26.0 Å². The molecule has 3 aliphatic rings. The van der Waals surface area contributed by atoms with Crippen LogP contribution in [0, 0.1) is 11.8 Å². The second-order valence-corrected chi connectivity index (χ2v) is 14.0. The SMILES string of the molecule is Cn1c(-c2cn[nH]c2C(F)(F)F)cnc1C(=O)Nc1ccc(C(=O)NC2[C@H]3CN(C(=O)NC4CN(C(=O)OC(C)(C)C)CC4O)C[C@@H]23)c(Cl)c1. The number of piperidine rings is 1. The molecule has 3 unspecified atom stereocenters. The van der Waals surface area contributed by atoms with Crippen molar-refractivity contribution in [1.29, 1.82) is 0 Å². The summed E-state index contributed by atoms with van der Waals surface area (Å²) < 4.78 is 46.6. The van der Waals surface area contributed by atoms with Crippen LogP contribution in [0.15, 0.2) is 30.6 Å². The fourth-order valence-corrected chi connectivity index (χ4v) is 6.59. The van der Waals surface area contributed by atoms with Crippen molar-refractivity contribution in [2.75, 3.05) is 31.5 Å². The molecule has 0 radical (unpaired) electrons. The number of fused-ring (bicyclic) bond motifs is 1.